The lowest BCUT2D eigenvalue weighted by Gasteiger charge is -2.09. The molecule has 0 saturated heterocycles. The second-order valence-electron chi connectivity index (χ2n) is 4.50. The van der Waals surface area contributed by atoms with Gasteiger partial charge >= 0.3 is 0 Å². The van der Waals surface area contributed by atoms with E-state index < -0.39 is 0 Å². The molecule has 0 atom stereocenters. The van der Waals surface area contributed by atoms with Crippen LogP contribution in [-0.2, 0) is 6.54 Å². The van der Waals surface area contributed by atoms with Crippen molar-refractivity contribution in [3.63, 3.8) is 0 Å². The van der Waals surface area contributed by atoms with Crippen molar-refractivity contribution < 1.29 is 0 Å². The van der Waals surface area contributed by atoms with Crippen LogP contribution in [0.4, 0.5) is 0 Å². The average Bonchev–Trinajstić information content (AvgIpc) is 2.72. The monoisotopic (exact) mass is 230 g/mol. The molecule has 0 aliphatic carbocycles. The first-order valence-corrected chi connectivity index (χ1v) is 5.84. The number of rotatable bonds is 3. The van der Waals surface area contributed by atoms with Crippen LogP contribution in [0.2, 0.25) is 0 Å². The van der Waals surface area contributed by atoms with Crippen LogP contribution >= 0.6 is 0 Å². The predicted octanol–water partition coefficient (Wildman–Crippen LogP) is 2.29. The Balaban J connectivity index is 2.52. The van der Waals surface area contributed by atoms with Crippen LogP contribution < -0.4 is 5.73 Å². The molecule has 0 unspecified atom stereocenters. The van der Waals surface area contributed by atoms with Gasteiger partial charge in [-0.15, -0.1) is 5.10 Å². The summed E-state index contributed by atoms with van der Waals surface area (Å²) in [7, 11) is 0. The molecule has 1 aromatic carbocycles. The average molecular weight is 230 g/mol. The molecule has 0 bridgehead atoms. The van der Waals surface area contributed by atoms with Gasteiger partial charge in [0.1, 0.15) is 5.69 Å². The van der Waals surface area contributed by atoms with E-state index in [1.165, 1.54) is 5.56 Å². The van der Waals surface area contributed by atoms with E-state index in [1.54, 1.807) is 0 Å². The molecule has 1 aromatic heterocycles. The number of benzene rings is 1. The fourth-order valence-electron chi connectivity index (χ4n) is 1.93. The molecule has 0 amide bonds. The van der Waals surface area contributed by atoms with E-state index in [0.29, 0.717) is 6.54 Å². The maximum atomic E-state index is 5.81. The summed E-state index contributed by atoms with van der Waals surface area (Å²) in [5.74, 6) is 0. The molecule has 4 nitrogen and oxygen atoms in total. The van der Waals surface area contributed by atoms with Gasteiger partial charge < -0.3 is 5.73 Å². The minimum Gasteiger partial charge on any atom is -0.325 e. The smallest absolute Gasteiger partial charge is 0.117 e. The second kappa shape index (κ2) is 4.67. The Kier molecular flexibility index (Phi) is 3.24. The Morgan fingerprint density at radius 2 is 2.12 bits per heavy atom. The quantitative estimate of drug-likeness (QED) is 0.880. The lowest BCUT2D eigenvalue weighted by molar-refractivity contribution is 0.494. The molecule has 0 fully saturated rings. The van der Waals surface area contributed by atoms with E-state index in [0.717, 1.165) is 17.0 Å². The van der Waals surface area contributed by atoms with E-state index in [-0.39, 0.29) is 6.04 Å². The van der Waals surface area contributed by atoms with Crippen LogP contribution in [0.1, 0.15) is 31.1 Å². The molecule has 0 spiro atoms. The van der Waals surface area contributed by atoms with Crippen LogP contribution in [0.5, 0.6) is 0 Å². The summed E-state index contributed by atoms with van der Waals surface area (Å²) in [6, 6.07) is 8.52. The summed E-state index contributed by atoms with van der Waals surface area (Å²) < 4.78 is 1.89. The highest BCUT2D eigenvalue weighted by atomic mass is 15.4. The van der Waals surface area contributed by atoms with Crippen molar-refractivity contribution in [3.8, 4) is 11.3 Å². The SMILES string of the molecule is Cc1cccc(-c2nnn(C(C)C)c2CN)c1. The Labute approximate surface area is 101 Å². The van der Waals surface area contributed by atoms with Gasteiger partial charge in [-0.25, -0.2) is 4.68 Å². The molecule has 17 heavy (non-hydrogen) atoms. The van der Waals surface area contributed by atoms with E-state index in [4.69, 9.17) is 5.73 Å². The summed E-state index contributed by atoms with van der Waals surface area (Å²) in [6.45, 7) is 6.68. The number of hydrogen-bond donors (Lipinski definition) is 1. The molecular weight excluding hydrogens is 212 g/mol. The van der Waals surface area contributed by atoms with E-state index >= 15 is 0 Å². The zero-order chi connectivity index (χ0) is 12.4. The van der Waals surface area contributed by atoms with Gasteiger partial charge in [0, 0.05) is 18.2 Å². The number of aromatic nitrogens is 3. The van der Waals surface area contributed by atoms with Crippen molar-refractivity contribution in [1.82, 2.24) is 15.0 Å². The van der Waals surface area contributed by atoms with Crippen molar-refractivity contribution in [2.75, 3.05) is 0 Å². The lowest BCUT2D eigenvalue weighted by atomic mass is 10.1. The molecule has 0 aliphatic heterocycles. The van der Waals surface area contributed by atoms with Gasteiger partial charge in [-0.05, 0) is 26.8 Å². The van der Waals surface area contributed by atoms with Gasteiger partial charge in [-0.1, -0.05) is 29.0 Å². The summed E-state index contributed by atoms with van der Waals surface area (Å²) in [4.78, 5) is 0. The summed E-state index contributed by atoms with van der Waals surface area (Å²) in [6.07, 6.45) is 0. The third-order valence-electron chi connectivity index (χ3n) is 2.76. The van der Waals surface area contributed by atoms with Crippen LogP contribution in [0.15, 0.2) is 24.3 Å². The third-order valence-corrected chi connectivity index (χ3v) is 2.76. The van der Waals surface area contributed by atoms with Gasteiger partial charge in [0.25, 0.3) is 0 Å². The van der Waals surface area contributed by atoms with Crippen LogP contribution in [0.25, 0.3) is 11.3 Å². The Hall–Kier alpha value is -1.68. The van der Waals surface area contributed by atoms with Crippen molar-refractivity contribution in [3.05, 3.63) is 35.5 Å². The van der Waals surface area contributed by atoms with Crippen LogP contribution in [0.3, 0.4) is 0 Å². The van der Waals surface area contributed by atoms with Gasteiger partial charge in [0.15, 0.2) is 0 Å². The number of nitrogens with two attached hydrogens (primary N) is 1. The van der Waals surface area contributed by atoms with Crippen molar-refractivity contribution in [2.24, 2.45) is 5.73 Å². The summed E-state index contributed by atoms with van der Waals surface area (Å²) in [5, 5.41) is 8.43. The molecule has 90 valence electrons. The van der Waals surface area contributed by atoms with Crippen molar-refractivity contribution in [2.45, 2.75) is 33.4 Å². The lowest BCUT2D eigenvalue weighted by Crippen LogP contribution is -2.11. The molecule has 4 heteroatoms. The zero-order valence-corrected chi connectivity index (χ0v) is 10.5. The number of hydrogen-bond acceptors (Lipinski definition) is 3. The fourth-order valence-corrected chi connectivity index (χ4v) is 1.93. The van der Waals surface area contributed by atoms with Gasteiger partial charge in [-0.2, -0.15) is 0 Å². The minimum atomic E-state index is 0.277. The molecular formula is C13H18N4. The summed E-state index contributed by atoms with van der Waals surface area (Å²) >= 11 is 0. The summed E-state index contributed by atoms with van der Waals surface area (Å²) in [5.41, 5.74) is 9.99. The van der Waals surface area contributed by atoms with E-state index in [9.17, 15) is 0 Å². The highest BCUT2D eigenvalue weighted by Gasteiger charge is 2.14. The molecule has 0 radical (unpaired) electrons. The molecule has 1 heterocycles. The highest BCUT2D eigenvalue weighted by Crippen LogP contribution is 2.23. The normalized spacial score (nSPS) is 11.1. The third kappa shape index (κ3) is 2.22. The first-order valence-electron chi connectivity index (χ1n) is 5.84. The van der Waals surface area contributed by atoms with Gasteiger partial charge in [0.05, 0.1) is 5.69 Å². The van der Waals surface area contributed by atoms with Gasteiger partial charge in [0.2, 0.25) is 0 Å². The molecule has 0 saturated carbocycles. The highest BCUT2D eigenvalue weighted by molar-refractivity contribution is 5.62. The Bertz CT molecular complexity index is 514. The first kappa shape index (κ1) is 11.8. The van der Waals surface area contributed by atoms with E-state index in [2.05, 4.69) is 43.2 Å². The maximum absolute atomic E-state index is 5.81. The number of nitrogens with zero attached hydrogens (tertiary/aromatic N) is 3. The largest absolute Gasteiger partial charge is 0.325 e. The maximum Gasteiger partial charge on any atom is 0.117 e. The van der Waals surface area contributed by atoms with Crippen LogP contribution in [0, 0.1) is 6.92 Å². The molecule has 2 rings (SSSR count). The zero-order valence-electron chi connectivity index (χ0n) is 10.5. The Morgan fingerprint density at radius 1 is 1.35 bits per heavy atom. The molecule has 0 aliphatic rings. The van der Waals surface area contributed by atoms with Crippen molar-refractivity contribution in [1.29, 1.82) is 0 Å². The standard InChI is InChI=1S/C13H18N4/c1-9(2)17-12(8-14)13(15-16-17)11-6-4-5-10(3)7-11/h4-7,9H,8,14H2,1-3H3. The van der Waals surface area contributed by atoms with Crippen LogP contribution in [-0.4, -0.2) is 15.0 Å². The first-order chi connectivity index (χ1) is 8.13. The van der Waals surface area contributed by atoms with Gasteiger partial charge in [-0.3, -0.25) is 0 Å². The fraction of sp³-hybridized carbons (Fsp3) is 0.385. The van der Waals surface area contributed by atoms with E-state index in [1.807, 2.05) is 16.8 Å². The second-order valence-corrected chi connectivity index (χ2v) is 4.50. The topological polar surface area (TPSA) is 56.7 Å². The molecule has 2 aromatic rings. The number of aryl methyl sites for hydroxylation is 1. The Morgan fingerprint density at radius 3 is 2.71 bits per heavy atom. The molecule has 2 N–H and O–H groups in total. The predicted molar refractivity (Wildman–Crippen MR) is 68.5 cm³/mol. The minimum absolute atomic E-state index is 0.277. The van der Waals surface area contributed by atoms with Crippen molar-refractivity contribution >= 4 is 0 Å².